The normalized spacial score (nSPS) is 9.50. The molecule has 12 heavy (non-hydrogen) atoms. The highest BCUT2D eigenvalue weighted by molar-refractivity contribution is 3.86. The molecule has 0 unspecified atom stereocenters. The molecule has 7 heteroatoms. The molecule has 0 radical (unpaired) electrons. The topological polar surface area (TPSA) is 91.6 Å². The molecule has 0 aromatic carbocycles. The Balaban J connectivity index is 0. The Kier molecular flexibility index (Phi) is 15.8. The quantitative estimate of drug-likeness (QED) is 0.359. The molecule has 0 aliphatic heterocycles. The van der Waals surface area contributed by atoms with Crippen LogP contribution in [0.25, 0.3) is 0 Å². The molecule has 0 heterocycles. The summed E-state index contributed by atoms with van der Waals surface area (Å²) in [5.74, 6) is 0. The molecule has 0 saturated heterocycles. The molecule has 0 fully saturated rings. The molecule has 0 aliphatic carbocycles. The van der Waals surface area contributed by atoms with Crippen molar-refractivity contribution in [1.82, 2.24) is 5.39 Å². The van der Waals surface area contributed by atoms with Crippen molar-refractivity contribution in [2.24, 2.45) is 0 Å². The number of aliphatic hydroxyl groups excluding tert-OH is 3. The second kappa shape index (κ2) is 13.3. The number of rotatable bonds is 6. The largest absolute Gasteiger partial charge is 0.369 e. The highest BCUT2D eigenvalue weighted by Crippen LogP contribution is 1.90. The second-order valence-corrected chi connectivity index (χ2v) is 0.998. The summed E-state index contributed by atoms with van der Waals surface area (Å²) in [6.07, 6.45) is 0. The molecule has 7 nitrogen and oxygen atoms in total. The first kappa shape index (κ1) is 14.3. The molecule has 0 aliphatic rings. The summed E-state index contributed by atoms with van der Waals surface area (Å²) in [4.78, 5) is 12.4. The van der Waals surface area contributed by atoms with Gasteiger partial charge in [0.15, 0.2) is 20.4 Å². The minimum atomic E-state index is -0.681. The molecule has 0 aromatic rings. The summed E-state index contributed by atoms with van der Waals surface area (Å²) in [5.41, 5.74) is 0. The maximum Gasteiger partial charge on any atom is 0.169 e. The van der Waals surface area contributed by atoms with Crippen LogP contribution in [0.3, 0.4) is 0 Å². The van der Waals surface area contributed by atoms with Gasteiger partial charge >= 0.3 is 0 Å². The van der Waals surface area contributed by atoms with Gasteiger partial charge in [0.2, 0.25) is 0 Å². The van der Waals surface area contributed by atoms with E-state index in [9.17, 15) is 0 Å². The first-order chi connectivity index (χ1) is 5.85. The van der Waals surface area contributed by atoms with Gasteiger partial charge < -0.3 is 15.3 Å². The lowest BCUT2D eigenvalue weighted by Gasteiger charge is -2.14. The van der Waals surface area contributed by atoms with Crippen LogP contribution in [0.2, 0.25) is 0 Å². The molecule has 0 spiro atoms. The number of hydrogen-bond acceptors (Lipinski definition) is 7. The Morgan fingerprint density at radius 1 is 0.833 bits per heavy atom. The van der Waals surface area contributed by atoms with E-state index < -0.39 is 20.4 Å². The summed E-state index contributed by atoms with van der Waals surface area (Å²) in [7, 11) is 0. The van der Waals surface area contributed by atoms with E-state index in [4.69, 9.17) is 15.3 Å². The predicted molar refractivity (Wildman–Crippen MR) is 37.7 cm³/mol. The SMILES string of the molecule is CC.OCON(OCO)OCO. The molecular formula is C5H15NO6. The van der Waals surface area contributed by atoms with Gasteiger partial charge in [0.05, 0.1) is 5.39 Å². The van der Waals surface area contributed by atoms with Crippen LogP contribution < -0.4 is 0 Å². The van der Waals surface area contributed by atoms with E-state index in [1.807, 2.05) is 13.8 Å². The van der Waals surface area contributed by atoms with Crippen LogP contribution in [0.4, 0.5) is 0 Å². The van der Waals surface area contributed by atoms with Crippen LogP contribution in [0.15, 0.2) is 0 Å². The van der Waals surface area contributed by atoms with Crippen molar-refractivity contribution >= 4 is 0 Å². The van der Waals surface area contributed by atoms with Gasteiger partial charge in [0.1, 0.15) is 0 Å². The molecular weight excluding hydrogens is 170 g/mol. The molecule has 0 amide bonds. The molecule has 0 aromatic heterocycles. The number of nitrogens with zero attached hydrogens (tertiary/aromatic N) is 1. The van der Waals surface area contributed by atoms with Crippen LogP contribution >= 0.6 is 0 Å². The van der Waals surface area contributed by atoms with Crippen LogP contribution in [-0.4, -0.2) is 41.1 Å². The Labute approximate surface area is 70.6 Å². The van der Waals surface area contributed by atoms with Crippen molar-refractivity contribution in [3.05, 3.63) is 0 Å². The molecule has 0 rings (SSSR count). The van der Waals surface area contributed by atoms with E-state index in [2.05, 4.69) is 14.5 Å². The Hall–Kier alpha value is -0.280. The maximum atomic E-state index is 8.10. The van der Waals surface area contributed by atoms with E-state index in [0.29, 0.717) is 5.39 Å². The van der Waals surface area contributed by atoms with Crippen molar-refractivity contribution in [2.75, 3.05) is 20.4 Å². The Morgan fingerprint density at radius 3 is 1.25 bits per heavy atom. The van der Waals surface area contributed by atoms with Crippen LogP contribution in [0, 0.1) is 0 Å². The van der Waals surface area contributed by atoms with Crippen molar-refractivity contribution in [2.45, 2.75) is 13.8 Å². The average Bonchev–Trinajstić information content (AvgIpc) is 2.10. The predicted octanol–water partition coefficient (Wildman–Crippen LogP) is -1.04. The third kappa shape index (κ3) is 9.72. The lowest BCUT2D eigenvalue weighted by molar-refractivity contribution is -0.554. The van der Waals surface area contributed by atoms with Gasteiger partial charge in [0, 0.05) is 0 Å². The molecule has 0 atom stereocenters. The second-order valence-electron chi connectivity index (χ2n) is 0.998. The Morgan fingerprint density at radius 2 is 1.08 bits per heavy atom. The zero-order valence-corrected chi connectivity index (χ0v) is 7.13. The summed E-state index contributed by atoms with van der Waals surface area (Å²) < 4.78 is 0. The zero-order valence-electron chi connectivity index (χ0n) is 7.13. The Bertz CT molecular complexity index is 58.7. The summed E-state index contributed by atoms with van der Waals surface area (Å²) in [6.45, 7) is 1.96. The fourth-order valence-electron chi connectivity index (χ4n) is 0.253. The van der Waals surface area contributed by atoms with Crippen LogP contribution in [-0.2, 0) is 14.5 Å². The van der Waals surface area contributed by atoms with E-state index in [0.717, 1.165) is 0 Å². The maximum absolute atomic E-state index is 8.10. The first-order valence-electron chi connectivity index (χ1n) is 3.36. The van der Waals surface area contributed by atoms with Crippen molar-refractivity contribution in [3.63, 3.8) is 0 Å². The molecule has 0 bridgehead atoms. The summed E-state index contributed by atoms with van der Waals surface area (Å²) >= 11 is 0. The molecule has 0 saturated carbocycles. The lowest BCUT2D eigenvalue weighted by atomic mass is 11.0. The fourth-order valence-corrected chi connectivity index (χ4v) is 0.253. The van der Waals surface area contributed by atoms with Crippen molar-refractivity contribution in [1.29, 1.82) is 0 Å². The monoisotopic (exact) mass is 185 g/mol. The minimum Gasteiger partial charge on any atom is -0.369 e. The smallest absolute Gasteiger partial charge is 0.169 e. The highest BCUT2D eigenvalue weighted by Gasteiger charge is 2.03. The number of aliphatic hydroxyl groups is 3. The van der Waals surface area contributed by atoms with Gasteiger partial charge in [-0.15, -0.1) is 0 Å². The fraction of sp³-hybridized carbons (Fsp3) is 1.00. The standard InChI is InChI=1S/C3H9NO6.C2H6/c5-1-8-4(9-2-6)10-3-7;1-2/h5-7H,1-3H2;1-2H3. The van der Waals surface area contributed by atoms with Gasteiger partial charge in [-0.25, -0.2) is 14.5 Å². The highest BCUT2D eigenvalue weighted by atomic mass is 17.2. The third-order valence-electron chi connectivity index (χ3n) is 0.489. The lowest BCUT2D eigenvalue weighted by Crippen LogP contribution is -2.26. The number of hydrogen-bond donors (Lipinski definition) is 3. The van der Waals surface area contributed by atoms with Crippen LogP contribution in [0.5, 0.6) is 0 Å². The van der Waals surface area contributed by atoms with E-state index >= 15 is 0 Å². The summed E-state index contributed by atoms with van der Waals surface area (Å²) in [5, 5.41) is 24.6. The van der Waals surface area contributed by atoms with Gasteiger partial charge in [0.25, 0.3) is 0 Å². The molecule has 76 valence electrons. The van der Waals surface area contributed by atoms with Crippen molar-refractivity contribution in [3.8, 4) is 0 Å². The van der Waals surface area contributed by atoms with Gasteiger partial charge in [-0.3, -0.25) is 0 Å². The minimum absolute atomic E-state index is 0.292. The molecule has 3 N–H and O–H groups in total. The van der Waals surface area contributed by atoms with E-state index in [-0.39, 0.29) is 0 Å². The summed E-state index contributed by atoms with van der Waals surface area (Å²) in [6, 6.07) is 0. The van der Waals surface area contributed by atoms with Crippen LogP contribution in [0.1, 0.15) is 13.8 Å². The van der Waals surface area contributed by atoms with Gasteiger partial charge in [-0.1, -0.05) is 13.8 Å². The van der Waals surface area contributed by atoms with E-state index in [1.165, 1.54) is 0 Å². The average molecular weight is 185 g/mol. The van der Waals surface area contributed by atoms with Gasteiger partial charge in [-0.05, 0) is 0 Å². The van der Waals surface area contributed by atoms with Crippen molar-refractivity contribution < 1.29 is 29.8 Å². The zero-order chi connectivity index (χ0) is 9.82. The van der Waals surface area contributed by atoms with Gasteiger partial charge in [-0.2, -0.15) is 0 Å². The van der Waals surface area contributed by atoms with E-state index in [1.54, 1.807) is 0 Å². The first-order valence-corrected chi connectivity index (χ1v) is 3.36. The third-order valence-corrected chi connectivity index (χ3v) is 0.489.